The second-order valence-electron chi connectivity index (χ2n) is 8.57. The van der Waals surface area contributed by atoms with E-state index in [-0.39, 0.29) is 0 Å². The number of fused-ring (bicyclic) bond motifs is 3. The molecule has 3 aromatic carbocycles. The van der Waals surface area contributed by atoms with Gasteiger partial charge in [0.1, 0.15) is 0 Å². The largest absolute Gasteiger partial charge is 0.516 e. The number of rotatable bonds is 2. The van der Waals surface area contributed by atoms with E-state index >= 15 is 0 Å². The fourth-order valence-electron chi connectivity index (χ4n) is 3.73. The van der Waals surface area contributed by atoms with Crippen LogP contribution in [0.2, 0.25) is 0 Å². The molecule has 1 aliphatic heterocycles. The van der Waals surface area contributed by atoms with E-state index in [1.165, 1.54) is 0 Å². The monoisotopic (exact) mass is 382 g/mol. The molecule has 0 saturated carbocycles. The van der Waals surface area contributed by atoms with Crippen LogP contribution in [-0.4, -0.2) is 28.3 Å². The topological polar surface area (TPSA) is 44.2 Å². The maximum Gasteiger partial charge on any atom is 0.516 e. The Balaban J connectivity index is 1.78. The van der Waals surface area contributed by atoms with Crippen LogP contribution in [0, 0.1) is 0 Å². The summed E-state index contributed by atoms with van der Waals surface area (Å²) in [6.07, 6.45) is 0. The molecule has 0 atom stereocenters. The predicted octanol–water partition coefficient (Wildman–Crippen LogP) is 4.75. The summed E-state index contributed by atoms with van der Waals surface area (Å²) in [6, 6.07) is 22.5. The first-order valence-corrected chi connectivity index (χ1v) is 9.96. The van der Waals surface area contributed by atoms with Crippen LogP contribution in [0.1, 0.15) is 27.7 Å². The summed E-state index contributed by atoms with van der Waals surface area (Å²) >= 11 is 0. The van der Waals surface area contributed by atoms with E-state index in [1.54, 1.807) is 0 Å². The molecule has 29 heavy (non-hydrogen) atoms. The Kier molecular flexibility index (Phi) is 4.02. The molecular weight excluding hydrogens is 359 g/mol. The van der Waals surface area contributed by atoms with Crippen LogP contribution < -0.4 is 5.59 Å². The third kappa shape index (κ3) is 2.93. The van der Waals surface area contributed by atoms with Crippen molar-refractivity contribution in [3.63, 3.8) is 0 Å². The van der Waals surface area contributed by atoms with Crippen molar-refractivity contribution in [2.45, 2.75) is 38.9 Å². The highest BCUT2D eigenvalue weighted by Crippen LogP contribution is 2.37. The van der Waals surface area contributed by atoms with Gasteiger partial charge >= 0.3 is 7.12 Å². The summed E-state index contributed by atoms with van der Waals surface area (Å²) < 4.78 is 12.6. The standard InChI is InChI=1S/C24H23BN2O2/c1-23(2)24(3,4)29-25(28-23)22-20(17-11-6-5-7-12-17)27-21-18-13-9-8-10-16(18)14-15-19(21)26-22/h5-15H,1-4H3. The minimum Gasteiger partial charge on any atom is -0.398 e. The lowest BCUT2D eigenvalue weighted by Gasteiger charge is -2.32. The van der Waals surface area contributed by atoms with Crippen molar-refractivity contribution in [1.82, 2.24) is 9.97 Å². The molecule has 4 aromatic rings. The SMILES string of the molecule is CC1(C)OB(c2nc3ccc4ccccc4c3nc2-c2ccccc2)OC1(C)C. The van der Waals surface area contributed by atoms with E-state index in [0.717, 1.165) is 38.7 Å². The number of benzene rings is 3. The van der Waals surface area contributed by atoms with Gasteiger partial charge in [-0.2, -0.15) is 0 Å². The first-order valence-electron chi connectivity index (χ1n) is 9.96. The zero-order valence-electron chi connectivity index (χ0n) is 17.1. The molecule has 5 rings (SSSR count). The molecular formula is C24H23BN2O2. The first kappa shape index (κ1) is 18.3. The third-order valence-electron chi connectivity index (χ3n) is 6.11. The molecule has 1 saturated heterocycles. The molecule has 4 nitrogen and oxygen atoms in total. The van der Waals surface area contributed by atoms with E-state index in [4.69, 9.17) is 19.3 Å². The Morgan fingerprint density at radius 1 is 0.724 bits per heavy atom. The van der Waals surface area contributed by atoms with Gasteiger partial charge in [-0.1, -0.05) is 60.7 Å². The molecule has 0 N–H and O–H groups in total. The molecule has 1 aliphatic rings. The maximum atomic E-state index is 6.32. The molecule has 0 aliphatic carbocycles. The summed E-state index contributed by atoms with van der Waals surface area (Å²) in [4.78, 5) is 10.1. The van der Waals surface area contributed by atoms with E-state index < -0.39 is 18.3 Å². The molecule has 0 bridgehead atoms. The minimum atomic E-state index is -0.571. The highest BCUT2D eigenvalue weighted by atomic mass is 16.7. The van der Waals surface area contributed by atoms with Gasteiger partial charge in [0.2, 0.25) is 0 Å². The lowest BCUT2D eigenvalue weighted by Crippen LogP contribution is -2.41. The average Bonchev–Trinajstić information content (AvgIpc) is 2.94. The fraction of sp³-hybridized carbons (Fsp3) is 0.250. The van der Waals surface area contributed by atoms with Crippen LogP contribution in [0.25, 0.3) is 33.1 Å². The van der Waals surface area contributed by atoms with Crippen molar-refractivity contribution in [2.24, 2.45) is 0 Å². The fourth-order valence-corrected chi connectivity index (χ4v) is 3.73. The van der Waals surface area contributed by atoms with Gasteiger partial charge in [0.05, 0.1) is 33.5 Å². The van der Waals surface area contributed by atoms with Crippen molar-refractivity contribution >= 4 is 34.5 Å². The number of nitrogens with zero attached hydrogens (tertiary/aromatic N) is 2. The summed E-state index contributed by atoms with van der Waals surface area (Å²) in [5.74, 6) is 0. The van der Waals surface area contributed by atoms with Crippen molar-refractivity contribution in [3.8, 4) is 11.3 Å². The van der Waals surface area contributed by atoms with Gasteiger partial charge in [0.15, 0.2) is 0 Å². The van der Waals surface area contributed by atoms with Crippen molar-refractivity contribution in [1.29, 1.82) is 0 Å². The van der Waals surface area contributed by atoms with Gasteiger partial charge in [-0.05, 0) is 39.1 Å². The van der Waals surface area contributed by atoms with E-state index in [1.807, 2.05) is 36.4 Å². The Morgan fingerprint density at radius 3 is 2.10 bits per heavy atom. The highest BCUT2D eigenvalue weighted by Gasteiger charge is 2.53. The smallest absolute Gasteiger partial charge is 0.398 e. The molecule has 1 aromatic heterocycles. The van der Waals surface area contributed by atoms with Crippen LogP contribution in [0.5, 0.6) is 0 Å². The summed E-state index contributed by atoms with van der Waals surface area (Å²) in [5, 5.41) is 2.24. The molecule has 0 unspecified atom stereocenters. The van der Waals surface area contributed by atoms with Gasteiger partial charge in [0.25, 0.3) is 0 Å². The Bertz CT molecular complexity index is 1210. The molecule has 0 spiro atoms. The lowest BCUT2D eigenvalue weighted by atomic mass is 9.81. The van der Waals surface area contributed by atoms with Crippen molar-refractivity contribution in [3.05, 3.63) is 66.7 Å². The summed E-state index contributed by atoms with van der Waals surface area (Å²) in [6.45, 7) is 8.21. The third-order valence-corrected chi connectivity index (χ3v) is 6.11. The van der Waals surface area contributed by atoms with Gasteiger partial charge in [-0.15, -0.1) is 0 Å². The van der Waals surface area contributed by atoms with E-state index in [2.05, 4.69) is 58.0 Å². The maximum absolute atomic E-state index is 6.32. The van der Waals surface area contributed by atoms with Crippen LogP contribution in [-0.2, 0) is 9.31 Å². The van der Waals surface area contributed by atoms with Crippen LogP contribution in [0.3, 0.4) is 0 Å². The molecule has 0 radical (unpaired) electrons. The Labute approximate surface area is 171 Å². The normalized spacial score (nSPS) is 17.9. The van der Waals surface area contributed by atoms with Crippen molar-refractivity contribution < 1.29 is 9.31 Å². The van der Waals surface area contributed by atoms with Gasteiger partial charge in [-0.25, -0.2) is 4.98 Å². The van der Waals surface area contributed by atoms with E-state index in [9.17, 15) is 0 Å². The summed E-state index contributed by atoms with van der Waals surface area (Å²) in [7, 11) is -0.571. The number of hydrogen-bond acceptors (Lipinski definition) is 4. The molecule has 144 valence electrons. The molecule has 2 heterocycles. The first-order chi connectivity index (χ1) is 13.9. The quantitative estimate of drug-likeness (QED) is 0.371. The zero-order valence-corrected chi connectivity index (χ0v) is 17.1. The molecule has 5 heteroatoms. The molecule has 1 fully saturated rings. The Morgan fingerprint density at radius 2 is 1.38 bits per heavy atom. The van der Waals surface area contributed by atoms with Crippen LogP contribution >= 0.6 is 0 Å². The molecule has 0 amide bonds. The van der Waals surface area contributed by atoms with Crippen LogP contribution in [0.15, 0.2) is 66.7 Å². The minimum absolute atomic E-state index is 0.439. The Hall–Kier alpha value is -2.76. The van der Waals surface area contributed by atoms with Crippen LogP contribution in [0.4, 0.5) is 0 Å². The zero-order chi connectivity index (χ0) is 20.2. The van der Waals surface area contributed by atoms with E-state index in [0.29, 0.717) is 0 Å². The number of aromatic nitrogens is 2. The highest BCUT2D eigenvalue weighted by molar-refractivity contribution is 6.63. The van der Waals surface area contributed by atoms with Gasteiger partial charge in [-0.3, -0.25) is 4.98 Å². The van der Waals surface area contributed by atoms with Crippen molar-refractivity contribution in [2.75, 3.05) is 0 Å². The number of hydrogen-bond donors (Lipinski definition) is 0. The lowest BCUT2D eigenvalue weighted by molar-refractivity contribution is 0.00578. The second kappa shape index (κ2) is 6.38. The second-order valence-corrected chi connectivity index (χ2v) is 8.57. The summed E-state index contributed by atoms with van der Waals surface area (Å²) in [5.41, 5.74) is 3.37. The predicted molar refractivity (Wildman–Crippen MR) is 118 cm³/mol. The average molecular weight is 382 g/mol. The van der Waals surface area contributed by atoms with Gasteiger partial charge < -0.3 is 9.31 Å². The van der Waals surface area contributed by atoms with Gasteiger partial charge in [0, 0.05) is 10.9 Å².